The summed E-state index contributed by atoms with van der Waals surface area (Å²) in [6.45, 7) is 4.20. The molecule has 1 aliphatic rings. The molecule has 0 spiro atoms. The summed E-state index contributed by atoms with van der Waals surface area (Å²) < 4.78 is 10.6. The van der Waals surface area contributed by atoms with Crippen molar-refractivity contribution in [3.8, 4) is 5.75 Å². The number of amides is 1. The zero-order valence-electron chi connectivity index (χ0n) is 12.5. The smallest absolute Gasteiger partial charge is 0.334 e. The molecule has 6 nitrogen and oxygen atoms in total. The number of aliphatic carboxylic acids is 1. The molecule has 1 aromatic rings. The Kier molecular flexibility index (Phi) is 5.26. The van der Waals surface area contributed by atoms with Gasteiger partial charge in [0, 0.05) is 11.6 Å². The topological polar surface area (TPSA) is 76.1 Å². The first-order valence-electron chi connectivity index (χ1n) is 6.90. The van der Waals surface area contributed by atoms with Gasteiger partial charge in [0.25, 0.3) is 5.91 Å². The van der Waals surface area contributed by atoms with Crippen LogP contribution in [-0.2, 0) is 14.3 Å². The normalized spacial score (nSPS) is 18.1. The number of hydrogen-bond acceptors (Lipinski definition) is 4. The number of rotatable bonds is 4. The molecule has 0 saturated carbocycles. The van der Waals surface area contributed by atoms with Crippen LogP contribution in [0.3, 0.4) is 0 Å². The van der Waals surface area contributed by atoms with Gasteiger partial charge < -0.3 is 19.5 Å². The van der Waals surface area contributed by atoms with Crippen LogP contribution < -0.4 is 4.74 Å². The zero-order valence-corrected chi connectivity index (χ0v) is 13.2. The molecule has 1 amide bonds. The summed E-state index contributed by atoms with van der Waals surface area (Å²) in [5.74, 6) is -0.766. The summed E-state index contributed by atoms with van der Waals surface area (Å²) in [4.78, 5) is 24.4. The molecule has 0 aliphatic carbocycles. The largest absolute Gasteiger partial charge is 0.484 e. The molecule has 1 saturated heterocycles. The van der Waals surface area contributed by atoms with E-state index in [9.17, 15) is 9.59 Å². The van der Waals surface area contributed by atoms with Gasteiger partial charge in [0.05, 0.1) is 13.2 Å². The maximum Gasteiger partial charge on any atom is 0.334 e. The Morgan fingerprint density at radius 2 is 2.05 bits per heavy atom. The predicted octanol–water partition coefficient (Wildman–Crippen LogP) is 1.65. The fraction of sp³-hybridized carbons (Fsp3) is 0.467. The minimum atomic E-state index is -1.07. The van der Waals surface area contributed by atoms with E-state index < -0.39 is 12.1 Å². The molecular weight excluding hydrogens is 310 g/mol. The number of carbonyl (C=O) groups excluding carboxylic acids is 1. The third-order valence-electron chi connectivity index (χ3n) is 3.47. The molecule has 1 atom stereocenters. The molecule has 0 aromatic heterocycles. The van der Waals surface area contributed by atoms with Crippen LogP contribution in [-0.4, -0.2) is 54.3 Å². The third kappa shape index (κ3) is 3.90. The van der Waals surface area contributed by atoms with E-state index in [0.717, 1.165) is 11.1 Å². The van der Waals surface area contributed by atoms with Crippen molar-refractivity contribution in [3.05, 3.63) is 28.3 Å². The van der Waals surface area contributed by atoms with Crippen LogP contribution in [0.2, 0.25) is 5.02 Å². The summed E-state index contributed by atoms with van der Waals surface area (Å²) in [5, 5.41) is 9.60. The second-order valence-electron chi connectivity index (χ2n) is 5.20. The van der Waals surface area contributed by atoms with Crippen LogP contribution >= 0.6 is 11.6 Å². The van der Waals surface area contributed by atoms with Crippen molar-refractivity contribution in [3.63, 3.8) is 0 Å². The van der Waals surface area contributed by atoms with Crippen molar-refractivity contribution in [2.75, 3.05) is 26.3 Å². The van der Waals surface area contributed by atoms with Crippen molar-refractivity contribution in [1.29, 1.82) is 0 Å². The van der Waals surface area contributed by atoms with Crippen molar-refractivity contribution in [1.82, 2.24) is 4.90 Å². The molecule has 120 valence electrons. The van der Waals surface area contributed by atoms with Crippen LogP contribution in [0.15, 0.2) is 12.1 Å². The molecule has 1 aliphatic heterocycles. The van der Waals surface area contributed by atoms with Crippen LogP contribution in [0.5, 0.6) is 5.75 Å². The monoisotopic (exact) mass is 327 g/mol. The number of halogens is 1. The van der Waals surface area contributed by atoms with Crippen LogP contribution in [0.1, 0.15) is 11.1 Å². The first kappa shape index (κ1) is 16.6. The Hall–Kier alpha value is -1.79. The van der Waals surface area contributed by atoms with E-state index in [1.807, 2.05) is 13.8 Å². The van der Waals surface area contributed by atoms with E-state index in [-0.39, 0.29) is 25.7 Å². The summed E-state index contributed by atoms with van der Waals surface area (Å²) >= 11 is 6.08. The van der Waals surface area contributed by atoms with Gasteiger partial charge >= 0.3 is 5.97 Å². The van der Waals surface area contributed by atoms with Gasteiger partial charge in [-0.1, -0.05) is 11.6 Å². The summed E-state index contributed by atoms with van der Waals surface area (Å²) in [6.07, 6.45) is -0.974. The van der Waals surface area contributed by atoms with Gasteiger partial charge in [-0.15, -0.1) is 0 Å². The molecule has 1 unspecified atom stereocenters. The first-order valence-corrected chi connectivity index (χ1v) is 7.28. The van der Waals surface area contributed by atoms with E-state index in [1.165, 1.54) is 4.90 Å². The van der Waals surface area contributed by atoms with Gasteiger partial charge in [-0.25, -0.2) is 4.79 Å². The van der Waals surface area contributed by atoms with Gasteiger partial charge in [-0.3, -0.25) is 4.79 Å². The number of carboxylic acids is 1. The number of ether oxygens (including phenoxy) is 2. The first-order chi connectivity index (χ1) is 10.4. The van der Waals surface area contributed by atoms with Crippen molar-refractivity contribution in [2.45, 2.75) is 20.0 Å². The van der Waals surface area contributed by atoms with Gasteiger partial charge in [-0.05, 0) is 37.1 Å². The highest BCUT2D eigenvalue weighted by molar-refractivity contribution is 6.32. The maximum absolute atomic E-state index is 12.1. The standard InChI is InChI=1S/C15H18ClNO5/c1-9-5-11(6-10(2)14(9)16)22-8-13(18)17-3-4-21-12(7-17)15(19)20/h5-6,12H,3-4,7-8H2,1-2H3,(H,19,20). The highest BCUT2D eigenvalue weighted by Gasteiger charge is 2.29. The molecule has 2 rings (SSSR count). The lowest BCUT2D eigenvalue weighted by Gasteiger charge is -2.30. The Labute approximate surface area is 133 Å². The van der Waals surface area contributed by atoms with Gasteiger partial charge in [0.15, 0.2) is 12.7 Å². The maximum atomic E-state index is 12.1. The second-order valence-corrected chi connectivity index (χ2v) is 5.58. The minimum Gasteiger partial charge on any atom is -0.484 e. The average molecular weight is 328 g/mol. The molecule has 0 bridgehead atoms. The number of morpholine rings is 1. The molecule has 1 heterocycles. The zero-order chi connectivity index (χ0) is 16.3. The van der Waals surface area contributed by atoms with E-state index in [1.54, 1.807) is 12.1 Å². The lowest BCUT2D eigenvalue weighted by atomic mass is 10.1. The Morgan fingerprint density at radius 3 is 2.64 bits per heavy atom. The number of benzene rings is 1. The lowest BCUT2D eigenvalue weighted by Crippen LogP contribution is -2.49. The fourth-order valence-corrected chi connectivity index (χ4v) is 2.36. The minimum absolute atomic E-state index is 0.0379. The van der Waals surface area contributed by atoms with Crippen molar-refractivity contribution < 1.29 is 24.2 Å². The molecule has 22 heavy (non-hydrogen) atoms. The number of hydrogen-bond donors (Lipinski definition) is 1. The molecule has 7 heteroatoms. The van der Waals surface area contributed by atoms with Gasteiger partial charge in [-0.2, -0.15) is 0 Å². The van der Waals surface area contributed by atoms with Crippen LogP contribution in [0, 0.1) is 13.8 Å². The summed E-state index contributed by atoms with van der Waals surface area (Å²) in [5.41, 5.74) is 1.75. The van der Waals surface area contributed by atoms with Gasteiger partial charge in [0.1, 0.15) is 5.75 Å². The lowest BCUT2D eigenvalue weighted by molar-refractivity contribution is -0.159. The van der Waals surface area contributed by atoms with Crippen LogP contribution in [0.4, 0.5) is 0 Å². The number of aryl methyl sites for hydroxylation is 2. The Balaban J connectivity index is 1.94. The third-order valence-corrected chi connectivity index (χ3v) is 4.06. The van der Waals surface area contributed by atoms with Gasteiger partial charge in [0.2, 0.25) is 0 Å². The molecular formula is C15H18ClNO5. The van der Waals surface area contributed by atoms with E-state index in [4.69, 9.17) is 26.2 Å². The SMILES string of the molecule is Cc1cc(OCC(=O)N2CCOC(C(=O)O)C2)cc(C)c1Cl. The van der Waals surface area contributed by atoms with Crippen molar-refractivity contribution in [2.24, 2.45) is 0 Å². The second kappa shape index (κ2) is 6.98. The highest BCUT2D eigenvalue weighted by atomic mass is 35.5. The summed E-state index contributed by atoms with van der Waals surface area (Å²) in [7, 11) is 0. The summed E-state index contributed by atoms with van der Waals surface area (Å²) in [6, 6.07) is 3.53. The van der Waals surface area contributed by atoms with E-state index >= 15 is 0 Å². The van der Waals surface area contributed by atoms with E-state index in [0.29, 0.717) is 17.3 Å². The molecule has 1 aromatic carbocycles. The number of carboxylic acid groups (broad SMARTS) is 1. The number of carbonyl (C=O) groups is 2. The van der Waals surface area contributed by atoms with Crippen LogP contribution in [0.25, 0.3) is 0 Å². The molecule has 1 N–H and O–H groups in total. The number of nitrogens with zero attached hydrogens (tertiary/aromatic N) is 1. The van der Waals surface area contributed by atoms with Crippen molar-refractivity contribution >= 4 is 23.5 Å². The van der Waals surface area contributed by atoms with E-state index in [2.05, 4.69) is 0 Å². The Morgan fingerprint density at radius 1 is 1.41 bits per heavy atom. The predicted molar refractivity (Wildman–Crippen MR) is 80.4 cm³/mol. The fourth-order valence-electron chi connectivity index (χ4n) is 2.25. The quantitative estimate of drug-likeness (QED) is 0.910. The highest BCUT2D eigenvalue weighted by Crippen LogP contribution is 2.25. The molecule has 0 radical (unpaired) electrons. The molecule has 1 fully saturated rings. The average Bonchev–Trinajstić information content (AvgIpc) is 2.50. The Bertz CT molecular complexity index is 566.